The molecule has 13 aromatic rings. The van der Waals surface area contributed by atoms with E-state index in [1.807, 2.05) is 0 Å². The summed E-state index contributed by atoms with van der Waals surface area (Å²) in [4.78, 5) is 4.96. The number of rotatable bonds is 8. The van der Waals surface area contributed by atoms with Crippen molar-refractivity contribution >= 4 is 44.9 Å². The Bertz CT molecular complexity index is 4860. The summed E-state index contributed by atoms with van der Waals surface area (Å²) in [6, 6.07) is 106. The molecule has 0 fully saturated rings. The molecule has 4 aliphatic carbocycles. The van der Waals surface area contributed by atoms with Gasteiger partial charge >= 0.3 is 0 Å². The summed E-state index contributed by atoms with van der Waals surface area (Å²) < 4.78 is 0. The van der Waals surface area contributed by atoms with Gasteiger partial charge < -0.3 is 9.80 Å². The lowest BCUT2D eigenvalue weighted by Gasteiger charge is -2.31. The third-order valence-corrected chi connectivity index (χ3v) is 20.2. The third kappa shape index (κ3) is 7.47. The molecule has 0 N–H and O–H groups in total. The number of fused-ring (bicyclic) bond motifs is 17. The minimum Gasteiger partial charge on any atom is -0.310 e. The van der Waals surface area contributed by atoms with E-state index < -0.39 is 5.41 Å². The standard InChI is InChI=1S/C85H64N2/c1-53-28-40-69-71-43-37-63(51-81(71)83(3,4)79(69)46-53)87(64-38-44-72-70-41-29-54(2)47-80(70)84(5,6)82(72)52-64)61-36-42-65(73(49-61)56-19-8-7-9-20-56)57-31-33-59(34-32-57)86(60-35-30-55-18-10-11-21-58(55)48-60)62-39-45-78-74(50-62)68-24-14-17-27-77(68)85(78)75-25-15-12-22-66(75)67-23-13-16-26-76(67)85/h7-52H,1-6H3. The molecule has 0 bridgehead atoms. The van der Waals surface area contributed by atoms with E-state index in [4.69, 9.17) is 0 Å². The molecule has 0 heterocycles. The van der Waals surface area contributed by atoms with Gasteiger partial charge in [0, 0.05) is 45.0 Å². The molecule has 0 aliphatic heterocycles. The highest BCUT2D eigenvalue weighted by Crippen LogP contribution is 2.64. The average Bonchev–Trinajstić information content (AvgIpc) is 1.53. The Labute approximate surface area is 511 Å². The Morgan fingerprint density at radius 2 is 0.575 bits per heavy atom. The molecule has 0 saturated heterocycles. The maximum absolute atomic E-state index is 2.51. The first kappa shape index (κ1) is 51.2. The van der Waals surface area contributed by atoms with Gasteiger partial charge in [-0.05, 0) is 209 Å². The maximum Gasteiger partial charge on any atom is 0.0725 e. The minimum absolute atomic E-state index is 0.170. The molecule has 1 spiro atoms. The van der Waals surface area contributed by atoms with Crippen LogP contribution >= 0.6 is 0 Å². The molecule has 2 heteroatoms. The van der Waals surface area contributed by atoms with Gasteiger partial charge in [0.15, 0.2) is 0 Å². The van der Waals surface area contributed by atoms with Crippen LogP contribution in [0, 0.1) is 13.8 Å². The van der Waals surface area contributed by atoms with Crippen molar-refractivity contribution in [2.24, 2.45) is 0 Å². The molecule has 13 aromatic carbocycles. The van der Waals surface area contributed by atoms with Crippen LogP contribution in [-0.4, -0.2) is 0 Å². The van der Waals surface area contributed by atoms with E-state index in [-0.39, 0.29) is 10.8 Å². The van der Waals surface area contributed by atoms with Crippen molar-refractivity contribution in [3.8, 4) is 66.8 Å². The Morgan fingerprint density at radius 1 is 0.218 bits per heavy atom. The maximum atomic E-state index is 2.51. The predicted molar refractivity (Wildman–Crippen MR) is 365 cm³/mol. The molecular weight excluding hydrogens is 1050 g/mol. The highest BCUT2D eigenvalue weighted by Gasteiger charge is 2.51. The van der Waals surface area contributed by atoms with E-state index in [1.54, 1.807) is 0 Å². The fourth-order valence-corrected chi connectivity index (χ4v) is 16.0. The molecule has 414 valence electrons. The normalized spacial score (nSPS) is 14.4. The van der Waals surface area contributed by atoms with Crippen molar-refractivity contribution < 1.29 is 0 Å². The predicted octanol–water partition coefficient (Wildman–Crippen LogP) is 22.7. The van der Waals surface area contributed by atoms with E-state index in [2.05, 4.69) is 330 Å². The Kier molecular flexibility index (Phi) is 11.1. The zero-order chi connectivity index (χ0) is 58.5. The summed E-state index contributed by atoms with van der Waals surface area (Å²) >= 11 is 0. The van der Waals surface area contributed by atoms with Crippen LogP contribution in [0.5, 0.6) is 0 Å². The van der Waals surface area contributed by atoms with Crippen LogP contribution in [-0.2, 0) is 16.2 Å². The van der Waals surface area contributed by atoms with Gasteiger partial charge in [0.1, 0.15) is 0 Å². The highest BCUT2D eigenvalue weighted by atomic mass is 15.1. The highest BCUT2D eigenvalue weighted by molar-refractivity contribution is 5.99. The van der Waals surface area contributed by atoms with Crippen molar-refractivity contribution in [3.63, 3.8) is 0 Å². The van der Waals surface area contributed by atoms with Crippen molar-refractivity contribution in [2.75, 3.05) is 9.80 Å². The van der Waals surface area contributed by atoms with Crippen LogP contribution in [0.3, 0.4) is 0 Å². The fourth-order valence-electron chi connectivity index (χ4n) is 16.0. The first-order valence-electron chi connectivity index (χ1n) is 30.8. The first-order chi connectivity index (χ1) is 42.4. The smallest absolute Gasteiger partial charge is 0.0725 e. The summed E-state index contributed by atoms with van der Waals surface area (Å²) in [5.41, 5.74) is 34.5. The Hall–Kier alpha value is -10.3. The fraction of sp³-hybridized carbons (Fsp3) is 0.106. The SMILES string of the molecule is Cc1ccc2c(c1)C(C)(C)c1cc(N(c3ccc(-c4ccc(N(c5ccc6c(c5)-c5ccccc5C65c6ccccc6-c6ccccc65)c5ccc6ccccc6c5)cc4)c(-c4ccccc4)c3)c3ccc4c(c3)C(C)(C)c3cc(C)ccc3-4)ccc1-2. The lowest BCUT2D eigenvalue weighted by molar-refractivity contribution is 0.659. The lowest BCUT2D eigenvalue weighted by Crippen LogP contribution is -2.25. The molecule has 0 unspecified atom stereocenters. The molecule has 0 atom stereocenters. The van der Waals surface area contributed by atoms with Gasteiger partial charge in [-0.15, -0.1) is 0 Å². The van der Waals surface area contributed by atoms with Crippen molar-refractivity contribution in [2.45, 2.75) is 57.8 Å². The second-order valence-corrected chi connectivity index (χ2v) is 25.8. The van der Waals surface area contributed by atoms with Gasteiger partial charge in [0.25, 0.3) is 0 Å². The molecule has 0 radical (unpaired) electrons. The van der Waals surface area contributed by atoms with Crippen LogP contribution < -0.4 is 9.80 Å². The molecule has 0 saturated carbocycles. The van der Waals surface area contributed by atoms with E-state index in [1.165, 1.54) is 128 Å². The van der Waals surface area contributed by atoms with E-state index in [0.29, 0.717) is 0 Å². The lowest BCUT2D eigenvalue weighted by atomic mass is 9.70. The topological polar surface area (TPSA) is 6.48 Å². The summed E-state index contributed by atoms with van der Waals surface area (Å²) in [7, 11) is 0. The van der Waals surface area contributed by atoms with Crippen molar-refractivity contribution in [3.05, 3.63) is 335 Å². The number of anilines is 6. The number of benzene rings is 13. The number of hydrogen-bond acceptors (Lipinski definition) is 2. The molecule has 0 amide bonds. The zero-order valence-corrected chi connectivity index (χ0v) is 50.0. The van der Waals surface area contributed by atoms with Crippen LogP contribution in [0.2, 0.25) is 0 Å². The average molecular weight is 1110 g/mol. The molecule has 0 aromatic heterocycles. The first-order valence-corrected chi connectivity index (χ1v) is 30.8. The van der Waals surface area contributed by atoms with Gasteiger partial charge in [0.2, 0.25) is 0 Å². The van der Waals surface area contributed by atoms with Gasteiger partial charge in [-0.2, -0.15) is 0 Å². The van der Waals surface area contributed by atoms with Crippen LogP contribution in [0.15, 0.2) is 279 Å². The van der Waals surface area contributed by atoms with Crippen LogP contribution in [0.1, 0.15) is 83.3 Å². The summed E-state index contributed by atoms with van der Waals surface area (Å²) in [6.45, 7) is 14.0. The van der Waals surface area contributed by atoms with Gasteiger partial charge in [-0.3, -0.25) is 0 Å². The largest absolute Gasteiger partial charge is 0.310 e. The molecule has 87 heavy (non-hydrogen) atoms. The third-order valence-electron chi connectivity index (χ3n) is 20.2. The zero-order valence-electron chi connectivity index (χ0n) is 50.0. The number of hydrogen-bond donors (Lipinski definition) is 0. The quantitative estimate of drug-likeness (QED) is 0.150. The Balaban J connectivity index is 0.810. The number of nitrogens with zero attached hydrogens (tertiary/aromatic N) is 2. The van der Waals surface area contributed by atoms with Crippen molar-refractivity contribution in [1.82, 2.24) is 0 Å². The van der Waals surface area contributed by atoms with E-state index in [9.17, 15) is 0 Å². The number of aryl methyl sites for hydroxylation is 2. The van der Waals surface area contributed by atoms with Gasteiger partial charge in [0.05, 0.1) is 5.41 Å². The molecular formula is C85H64N2. The minimum atomic E-state index is -0.413. The second kappa shape index (κ2) is 18.9. The second-order valence-electron chi connectivity index (χ2n) is 25.8. The summed E-state index contributed by atoms with van der Waals surface area (Å²) in [6.07, 6.45) is 0. The van der Waals surface area contributed by atoms with Gasteiger partial charge in [-0.1, -0.05) is 245 Å². The Morgan fingerprint density at radius 3 is 1.14 bits per heavy atom. The van der Waals surface area contributed by atoms with Crippen LogP contribution in [0.4, 0.5) is 34.1 Å². The molecule has 4 aliphatic rings. The van der Waals surface area contributed by atoms with Crippen LogP contribution in [0.25, 0.3) is 77.5 Å². The molecule has 17 rings (SSSR count). The summed E-state index contributed by atoms with van der Waals surface area (Å²) in [5.74, 6) is 0. The monoisotopic (exact) mass is 1110 g/mol. The summed E-state index contributed by atoms with van der Waals surface area (Å²) in [5, 5.41) is 2.42. The van der Waals surface area contributed by atoms with E-state index >= 15 is 0 Å². The van der Waals surface area contributed by atoms with Crippen molar-refractivity contribution in [1.29, 1.82) is 0 Å². The van der Waals surface area contributed by atoms with E-state index in [0.717, 1.165) is 39.7 Å². The molecule has 2 nitrogen and oxygen atoms in total. The van der Waals surface area contributed by atoms with Gasteiger partial charge in [-0.25, -0.2) is 0 Å².